The van der Waals surface area contributed by atoms with Crippen LogP contribution in [0, 0.1) is 0 Å². The fraction of sp³-hybridized carbons (Fsp3) is 0. The molecular weight excluding hydrogens is 220 g/mol. The normalized spacial score (nSPS) is 10.6. The Balaban J connectivity index is 1.99. The Kier molecular flexibility index (Phi) is 2.11. The number of aromatic amines is 1. The van der Waals surface area contributed by atoms with Gasteiger partial charge >= 0.3 is 0 Å². The molecule has 17 heavy (non-hydrogen) atoms. The summed E-state index contributed by atoms with van der Waals surface area (Å²) in [6.07, 6.45) is 2.92. The van der Waals surface area contributed by atoms with Crippen molar-refractivity contribution in [3.05, 3.63) is 36.9 Å². The number of aromatic hydroxyl groups is 1. The minimum Gasteiger partial charge on any atom is -0.508 e. The number of phenols is 1. The van der Waals surface area contributed by atoms with Crippen LogP contribution in [-0.2, 0) is 0 Å². The molecule has 2 heterocycles. The highest BCUT2D eigenvalue weighted by molar-refractivity contribution is 5.75. The topological polar surface area (TPSA) is 83.9 Å². The number of ether oxygens (including phenoxy) is 1. The van der Waals surface area contributed by atoms with Crippen molar-refractivity contribution in [2.24, 2.45) is 0 Å². The lowest BCUT2D eigenvalue weighted by Gasteiger charge is -2.04. The summed E-state index contributed by atoms with van der Waals surface area (Å²) in [5.74, 6) is 1.17. The van der Waals surface area contributed by atoms with Crippen LogP contribution in [0.1, 0.15) is 0 Å². The lowest BCUT2D eigenvalue weighted by Crippen LogP contribution is -1.90. The van der Waals surface area contributed by atoms with Gasteiger partial charge in [-0.2, -0.15) is 4.98 Å². The summed E-state index contributed by atoms with van der Waals surface area (Å²) in [5.41, 5.74) is 1.19. The highest BCUT2D eigenvalue weighted by atomic mass is 16.5. The van der Waals surface area contributed by atoms with Gasteiger partial charge in [-0.15, -0.1) is 0 Å². The van der Waals surface area contributed by atoms with E-state index in [4.69, 9.17) is 9.84 Å². The Morgan fingerprint density at radius 3 is 2.71 bits per heavy atom. The number of benzene rings is 1. The van der Waals surface area contributed by atoms with Crippen LogP contribution >= 0.6 is 0 Å². The van der Waals surface area contributed by atoms with E-state index in [9.17, 15) is 0 Å². The number of hydrogen-bond donors (Lipinski definition) is 2. The van der Waals surface area contributed by atoms with E-state index in [2.05, 4.69) is 19.9 Å². The number of rotatable bonds is 2. The highest BCUT2D eigenvalue weighted by Gasteiger charge is 2.07. The molecule has 2 N–H and O–H groups in total. The predicted octanol–water partition coefficient (Wildman–Crippen LogP) is 1.85. The number of H-pyrrole nitrogens is 1. The van der Waals surface area contributed by atoms with E-state index >= 15 is 0 Å². The zero-order valence-corrected chi connectivity index (χ0v) is 8.66. The van der Waals surface area contributed by atoms with Gasteiger partial charge in [0.05, 0.1) is 6.33 Å². The Hall–Kier alpha value is -2.63. The smallest absolute Gasteiger partial charge is 0.248 e. The second-order valence-electron chi connectivity index (χ2n) is 3.38. The summed E-state index contributed by atoms with van der Waals surface area (Å²) in [7, 11) is 0. The average Bonchev–Trinajstić information content (AvgIpc) is 2.81. The average molecular weight is 228 g/mol. The van der Waals surface area contributed by atoms with Crippen LogP contribution in [0.25, 0.3) is 11.2 Å². The van der Waals surface area contributed by atoms with E-state index in [0.717, 1.165) is 0 Å². The van der Waals surface area contributed by atoms with E-state index in [0.29, 0.717) is 22.8 Å². The van der Waals surface area contributed by atoms with Crippen LogP contribution in [0.5, 0.6) is 17.4 Å². The molecule has 0 unspecified atom stereocenters. The Bertz CT molecular complexity index is 648. The molecule has 0 spiro atoms. The van der Waals surface area contributed by atoms with Crippen LogP contribution in [-0.4, -0.2) is 25.0 Å². The SMILES string of the molecule is Oc1ccc(Oc2ncnc3nc[nH]c23)cc1. The molecule has 0 aliphatic carbocycles. The molecule has 6 heteroatoms. The van der Waals surface area contributed by atoms with Gasteiger partial charge in [-0.1, -0.05) is 0 Å². The third kappa shape index (κ3) is 1.76. The maximum atomic E-state index is 9.16. The predicted molar refractivity (Wildman–Crippen MR) is 59.9 cm³/mol. The fourth-order valence-corrected chi connectivity index (χ4v) is 1.45. The third-order valence-electron chi connectivity index (χ3n) is 2.24. The standard InChI is InChI=1S/C11H8N4O2/c16-7-1-3-8(4-2-7)17-11-9-10(13-5-12-9)14-6-15-11/h1-6,16H,(H,12,13,14,15). The van der Waals surface area contributed by atoms with Crippen molar-refractivity contribution in [2.45, 2.75) is 0 Å². The van der Waals surface area contributed by atoms with Gasteiger partial charge < -0.3 is 14.8 Å². The van der Waals surface area contributed by atoms with Crippen molar-refractivity contribution in [2.75, 3.05) is 0 Å². The molecule has 0 aliphatic heterocycles. The van der Waals surface area contributed by atoms with Gasteiger partial charge in [0.15, 0.2) is 5.65 Å². The highest BCUT2D eigenvalue weighted by Crippen LogP contribution is 2.25. The number of phenolic OH excluding ortho intramolecular Hbond substituents is 1. The fourth-order valence-electron chi connectivity index (χ4n) is 1.45. The van der Waals surface area contributed by atoms with Crippen molar-refractivity contribution in [3.63, 3.8) is 0 Å². The first-order chi connectivity index (χ1) is 8.33. The van der Waals surface area contributed by atoms with Gasteiger partial charge in [0.2, 0.25) is 5.88 Å². The van der Waals surface area contributed by atoms with E-state index in [1.54, 1.807) is 24.3 Å². The van der Waals surface area contributed by atoms with Crippen molar-refractivity contribution in [1.29, 1.82) is 0 Å². The molecule has 0 saturated heterocycles. The number of aromatic nitrogens is 4. The molecule has 0 atom stereocenters. The van der Waals surface area contributed by atoms with E-state index in [1.807, 2.05) is 0 Å². The van der Waals surface area contributed by atoms with Crippen LogP contribution in [0.15, 0.2) is 36.9 Å². The maximum Gasteiger partial charge on any atom is 0.248 e. The number of nitrogens with one attached hydrogen (secondary N) is 1. The number of fused-ring (bicyclic) bond motifs is 1. The molecule has 84 valence electrons. The first-order valence-corrected chi connectivity index (χ1v) is 4.94. The van der Waals surface area contributed by atoms with Crippen LogP contribution < -0.4 is 4.74 Å². The Labute approximate surface area is 95.9 Å². The number of imidazole rings is 1. The summed E-state index contributed by atoms with van der Waals surface area (Å²) in [6, 6.07) is 6.39. The zero-order valence-electron chi connectivity index (χ0n) is 8.66. The molecule has 0 fully saturated rings. The van der Waals surface area contributed by atoms with E-state index in [-0.39, 0.29) is 5.75 Å². The zero-order chi connectivity index (χ0) is 11.7. The maximum absolute atomic E-state index is 9.16. The molecule has 0 amide bonds. The van der Waals surface area contributed by atoms with Gasteiger partial charge in [-0.3, -0.25) is 0 Å². The number of nitrogens with zero attached hydrogens (tertiary/aromatic N) is 3. The van der Waals surface area contributed by atoms with Gasteiger partial charge in [0.1, 0.15) is 23.3 Å². The second kappa shape index (κ2) is 3.75. The molecule has 0 saturated carbocycles. The summed E-state index contributed by atoms with van der Waals surface area (Å²) in [5, 5.41) is 9.16. The minimum absolute atomic E-state index is 0.187. The molecule has 0 radical (unpaired) electrons. The minimum atomic E-state index is 0.187. The molecular formula is C11H8N4O2. The monoisotopic (exact) mass is 228 g/mol. The Morgan fingerprint density at radius 1 is 1.06 bits per heavy atom. The molecule has 3 rings (SSSR count). The third-order valence-corrected chi connectivity index (χ3v) is 2.24. The first kappa shape index (κ1) is 9.59. The quantitative estimate of drug-likeness (QED) is 0.699. The van der Waals surface area contributed by atoms with Crippen molar-refractivity contribution in [3.8, 4) is 17.4 Å². The lowest BCUT2D eigenvalue weighted by molar-refractivity contribution is 0.457. The van der Waals surface area contributed by atoms with Gasteiger partial charge in [-0.25, -0.2) is 9.97 Å². The van der Waals surface area contributed by atoms with E-state index in [1.165, 1.54) is 12.7 Å². The summed E-state index contributed by atoms with van der Waals surface area (Å²) >= 11 is 0. The van der Waals surface area contributed by atoms with Crippen LogP contribution in [0.3, 0.4) is 0 Å². The Morgan fingerprint density at radius 2 is 1.88 bits per heavy atom. The lowest BCUT2D eigenvalue weighted by atomic mass is 10.3. The van der Waals surface area contributed by atoms with Gasteiger partial charge in [0.25, 0.3) is 0 Å². The molecule has 6 nitrogen and oxygen atoms in total. The molecule has 0 aliphatic rings. The first-order valence-electron chi connectivity index (χ1n) is 4.94. The van der Waals surface area contributed by atoms with Gasteiger partial charge in [-0.05, 0) is 24.3 Å². The van der Waals surface area contributed by atoms with E-state index < -0.39 is 0 Å². The molecule has 1 aromatic carbocycles. The van der Waals surface area contributed by atoms with Crippen LogP contribution in [0.4, 0.5) is 0 Å². The molecule has 2 aromatic heterocycles. The summed E-state index contributed by atoms with van der Waals surface area (Å²) < 4.78 is 5.57. The number of hydrogen-bond acceptors (Lipinski definition) is 5. The summed E-state index contributed by atoms with van der Waals surface area (Å²) in [6.45, 7) is 0. The van der Waals surface area contributed by atoms with Crippen molar-refractivity contribution < 1.29 is 9.84 Å². The van der Waals surface area contributed by atoms with Gasteiger partial charge in [0, 0.05) is 0 Å². The largest absolute Gasteiger partial charge is 0.508 e. The van der Waals surface area contributed by atoms with Crippen molar-refractivity contribution in [1.82, 2.24) is 19.9 Å². The molecule has 3 aromatic rings. The molecule has 0 bridgehead atoms. The summed E-state index contributed by atoms with van der Waals surface area (Å²) in [4.78, 5) is 14.9. The van der Waals surface area contributed by atoms with Crippen LogP contribution in [0.2, 0.25) is 0 Å². The van der Waals surface area contributed by atoms with Crippen molar-refractivity contribution >= 4 is 11.2 Å². The second-order valence-corrected chi connectivity index (χ2v) is 3.38.